The maximum Gasteiger partial charge on any atom is 0.264 e. The number of H-pyrrole nitrogens is 1. The molecule has 7 heteroatoms. The maximum atomic E-state index is 13.0. The number of benzene rings is 2. The summed E-state index contributed by atoms with van der Waals surface area (Å²) in [7, 11) is 1.59. The first-order valence-corrected chi connectivity index (χ1v) is 9.61. The molecule has 0 bridgehead atoms. The number of hydrogen-bond acceptors (Lipinski definition) is 5. The number of hydrogen-bond donors (Lipinski definition) is 2. The summed E-state index contributed by atoms with van der Waals surface area (Å²) in [5.74, 6) is -0.193. The zero-order valence-electron chi connectivity index (χ0n) is 16.4. The van der Waals surface area contributed by atoms with Crippen LogP contribution in [0.4, 0.5) is 0 Å². The van der Waals surface area contributed by atoms with Crippen LogP contribution in [-0.4, -0.2) is 39.4 Å². The van der Waals surface area contributed by atoms with Gasteiger partial charge >= 0.3 is 0 Å². The number of carbonyl (C=O) groups is 1. The summed E-state index contributed by atoms with van der Waals surface area (Å²) < 4.78 is 11.3. The van der Waals surface area contributed by atoms with Crippen molar-refractivity contribution in [1.82, 2.24) is 15.1 Å². The summed E-state index contributed by atoms with van der Waals surface area (Å²) >= 11 is 0. The van der Waals surface area contributed by atoms with Crippen LogP contribution in [0, 0.1) is 0 Å². The first kappa shape index (κ1) is 18.9. The average molecular weight is 393 g/mol. The molecule has 0 saturated carbocycles. The summed E-state index contributed by atoms with van der Waals surface area (Å²) in [5.41, 5.74) is 2.84. The Bertz CT molecular complexity index is 1060. The van der Waals surface area contributed by atoms with Gasteiger partial charge in [-0.3, -0.25) is 14.8 Å². The van der Waals surface area contributed by atoms with Crippen LogP contribution in [0.5, 0.6) is 5.75 Å². The number of fused-ring (bicyclic) bond motifs is 1. The Morgan fingerprint density at radius 1 is 1.28 bits per heavy atom. The SMILES string of the molecule is CCCc1n[nH]c2cc(O)c(C(=O)N(C)C3=COC(Cc4ccccc4)O3)cc12. The molecular weight excluding hydrogens is 370 g/mol. The Hall–Kier alpha value is -3.48. The van der Waals surface area contributed by atoms with Gasteiger partial charge in [-0.25, -0.2) is 0 Å². The van der Waals surface area contributed by atoms with E-state index in [0.717, 1.165) is 29.5 Å². The molecule has 0 spiro atoms. The maximum absolute atomic E-state index is 13.0. The highest BCUT2D eigenvalue weighted by atomic mass is 16.7. The smallest absolute Gasteiger partial charge is 0.264 e. The number of phenolic OH excluding ortho intramolecular Hbond substituents is 1. The molecule has 3 aromatic rings. The van der Waals surface area contributed by atoms with Crippen LogP contribution in [0.15, 0.2) is 54.6 Å². The van der Waals surface area contributed by atoms with Gasteiger partial charge in [0.2, 0.25) is 12.2 Å². The van der Waals surface area contributed by atoms with E-state index in [9.17, 15) is 9.90 Å². The Kier molecular flexibility index (Phi) is 5.12. The number of nitrogens with zero attached hydrogens (tertiary/aromatic N) is 2. The molecule has 0 fully saturated rings. The molecule has 150 valence electrons. The summed E-state index contributed by atoms with van der Waals surface area (Å²) in [6, 6.07) is 13.0. The third kappa shape index (κ3) is 3.76. The molecule has 4 rings (SSSR count). The number of aromatic hydroxyl groups is 1. The normalized spacial score (nSPS) is 15.7. The van der Waals surface area contributed by atoms with Crippen LogP contribution in [0.3, 0.4) is 0 Å². The molecule has 1 aromatic heterocycles. The predicted octanol–water partition coefficient (Wildman–Crippen LogP) is 3.71. The van der Waals surface area contributed by atoms with Gasteiger partial charge in [-0.2, -0.15) is 5.10 Å². The molecule has 2 aromatic carbocycles. The van der Waals surface area contributed by atoms with Crippen molar-refractivity contribution in [3.63, 3.8) is 0 Å². The second kappa shape index (κ2) is 7.87. The van der Waals surface area contributed by atoms with E-state index in [1.54, 1.807) is 13.1 Å². The van der Waals surface area contributed by atoms with E-state index in [0.29, 0.717) is 17.8 Å². The van der Waals surface area contributed by atoms with Gasteiger partial charge in [0.25, 0.3) is 5.91 Å². The number of phenols is 1. The number of aromatic amines is 1. The van der Waals surface area contributed by atoms with Gasteiger partial charge in [0.1, 0.15) is 12.0 Å². The summed E-state index contributed by atoms with van der Waals surface area (Å²) in [6.07, 6.45) is 3.23. The minimum Gasteiger partial charge on any atom is -0.507 e. The van der Waals surface area contributed by atoms with E-state index in [1.807, 2.05) is 30.3 Å². The molecule has 1 atom stereocenters. The van der Waals surface area contributed by atoms with Crippen molar-refractivity contribution in [2.24, 2.45) is 0 Å². The van der Waals surface area contributed by atoms with E-state index >= 15 is 0 Å². The average Bonchev–Trinajstić information content (AvgIpc) is 3.34. The van der Waals surface area contributed by atoms with Gasteiger partial charge in [0, 0.05) is 24.9 Å². The van der Waals surface area contributed by atoms with Gasteiger partial charge < -0.3 is 14.6 Å². The number of amides is 1. The molecule has 1 amide bonds. The highest BCUT2D eigenvalue weighted by Gasteiger charge is 2.28. The lowest BCUT2D eigenvalue weighted by molar-refractivity contribution is -0.0432. The molecule has 1 aliphatic rings. The molecular formula is C22H23N3O4. The second-order valence-electron chi connectivity index (χ2n) is 7.03. The minimum absolute atomic E-state index is 0.110. The van der Waals surface area contributed by atoms with E-state index in [-0.39, 0.29) is 17.2 Å². The van der Waals surface area contributed by atoms with Crippen molar-refractivity contribution in [3.05, 3.63) is 71.4 Å². The lowest BCUT2D eigenvalue weighted by Gasteiger charge is -2.19. The van der Waals surface area contributed by atoms with Crippen molar-refractivity contribution in [3.8, 4) is 5.75 Å². The number of carbonyl (C=O) groups excluding carboxylic acids is 1. The summed E-state index contributed by atoms with van der Waals surface area (Å²) in [6.45, 7) is 2.07. The Balaban J connectivity index is 1.50. The van der Waals surface area contributed by atoms with E-state index in [1.165, 1.54) is 17.2 Å². The topological polar surface area (TPSA) is 87.7 Å². The number of nitrogens with one attached hydrogen (secondary N) is 1. The van der Waals surface area contributed by atoms with E-state index < -0.39 is 6.29 Å². The highest BCUT2D eigenvalue weighted by molar-refractivity contribution is 6.01. The molecule has 1 aliphatic heterocycles. The molecule has 29 heavy (non-hydrogen) atoms. The largest absolute Gasteiger partial charge is 0.507 e. The number of ether oxygens (including phenoxy) is 2. The quantitative estimate of drug-likeness (QED) is 0.667. The molecule has 7 nitrogen and oxygen atoms in total. The highest BCUT2D eigenvalue weighted by Crippen LogP contribution is 2.29. The second-order valence-corrected chi connectivity index (χ2v) is 7.03. The Morgan fingerprint density at radius 3 is 2.83 bits per heavy atom. The fourth-order valence-electron chi connectivity index (χ4n) is 3.37. The van der Waals surface area contributed by atoms with Crippen LogP contribution < -0.4 is 0 Å². The molecule has 0 aliphatic carbocycles. The van der Waals surface area contributed by atoms with Crippen molar-refractivity contribution in [2.75, 3.05) is 7.05 Å². The number of rotatable bonds is 6. The first-order valence-electron chi connectivity index (χ1n) is 9.61. The van der Waals surface area contributed by atoms with Crippen molar-refractivity contribution >= 4 is 16.8 Å². The van der Waals surface area contributed by atoms with Crippen molar-refractivity contribution in [1.29, 1.82) is 0 Å². The van der Waals surface area contributed by atoms with Gasteiger partial charge in [-0.05, 0) is 18.1 Å². The zero-order chi connectivity index (χ0) is 20.4. The van der Waals surface area contributed by atoms with Gasteiger partial charge in [0.05, 0.1) is 16.8 Å². The summed E-state index contributed by atoms with van der Waals surface area (Å²) in [4.78, 5) is 14.3. The molecule has 0 saturated heterocycles. The Morgan fingerprint density at radius 2 is 2.07 bits per heavy atom. The van der Waals surface area contributed by atoms with E-state index in [2.05, 4.69) is 17.1 Å². The van der Waals surface area contributed by atoms with Crippen LogP contribution in [0.2, 0.25) is 0 Å². The van der Waals surface area contributed by atoms with Crippen LogP contribution in [-0.2, 0) is 22.3 Å². The van der Waals surface area contributed by atoms with Gasteiger partial charge in [0.15, 0.2) is 0 Å². The van der Waals surface area contributed by atoms with Crippen LogP contribution in [0.25, 0.3) is 10.9 Å². The number of aromatic nitrogens is 2. The van der Waals surface area contributed by atoms with Crippen LogP contribution >= 0.6 is 0 Å². The fraction of sp³-hybridized carbons (Fsp3) is 0.273. The summed E-state index contributed by atoms with van der Waals surface area (Å²) in [5, 5.41) is 18.4. The lowest BCUT2D eigenvalue weighted by Crippen LogP contribution is -2.27. The van der Waals surface area contributed by atoms with Crippen molar-refractivity contribution in [2.45, 2.75) is 32.5 Å². The predicted molar refractivity (Wildman–Crippen MR) is 108 cm³/mol. The standard InChI is InChI=1S/C22H23N3O4/c1-3-7-17-15-11-16(19(26)12-18(15)24-23-17)22(27)25(2)20-13-28-21(29-20)10-14-8-5-4-6-9-14/h4-6,8-9,11-13,21,26H,3,7,10H2,1-2H3,(H,23,24). The Labute approximate surface area is 168 Å². The fourth-order valence-corrected chi connectivity index (χ4v) is 3.37. The van der Waals surface area contributed by atoms with Gasteiger partial charge in [-0.1, -0.05) is 43.7 Å². The van der Waals surface area contributed by atoms with E-state index in [4.69, 9.17) is 9.47 Å². The van der Waals surface area contributed by atoms with Crippen LogP contribution in [0.1, 0.15) is 35.0 Å². The van der Waals surface area contributed by atoms with Crippen molar-refractivity contribution < 1.29 is 19.4 Å². The number of aryl methyl sites for hydroxylation is 1. The minimum atomic E-state index is -0.497. The molecule has 0 radical (unpaired) electrons. The lowest BCUT2D eigenvalue weighted by atomic mass is 10.1. The molecule has 2 heterocycles. The molecule has 1 unspecified atom stereocenters. The van der Waals surface area contributed by atoms with Gasteiger partial charge in [-0.15, -0.1) is 0 Å². The molecule has 2 N–H and O–H groups in total. The third-order valence-electron chi connectivity index (χ3n) is 4.93. The monoisotopic (exact) mass is 393 g/mol. The first-order chi connectivity index (χ1) is 14.1. The third-order valence-corrected chi connectivity index (χ3v) is 4.93. The zero-order valence-corrected chi connectivity index (χ0v) is 16.4.